The predicted molar refractivity (Wildman–Crippen MR) is 75.0 cm³/mol. The number of aryl methyl sites for hydroxylation is 1. The molecule has 1 atom stereocenters. The minimum absolute atomic E-state index is 0.00750. The maximum Gasteiger partial charge on any atom is 0.270 e. The normalized spacial score (nSPS) is 19.0. The van der Waals surface area contributed by atoms with Gasteiger partial charge in [0.2, 0.25) is 5.91 Å². The molecule has 0 spiro atoms. The summed E-state index contributed by atoms with van der Waals surface area (Å²) in [6, 6.07) is 2.90. The highest BCUT2D eigenvalue weighted by Gasteiger charge is 2.32. The molecule has 6 nitrogen and oxygen atoms in total. The zero-order chi connectivity index (χ0) is 14.2. The fourth-order valence-electron chi connectivity index (χ4n) is 2.32. The van der Waals surface area contributed by atoms with E-state index in [0.29, 0.717) is 35.2 Å². The molecule has 0 saturated carbocycles. The second-order valence-corrected chi connectivity index (χ2v) is 5.51. The van der Waals surface area contributed by atoms with Gasteiger partial charge in [-0.3, -0.25) is 14.9 Å². The van der Waals surface area contributed by atoms with E-state index in [1.54, 1.807) is 11.8 Å². The van der Waals surface area contributed by atoms with Crippen molar-refractivity contribution < 1.29 is 9.72 Å². The highest BCUT2D eigenvalue weighted by molar-refractivity contribution is 9.10. The third kappa shape index (κ3) is 2.62. The monoisotopic (exact) mass is 327 g/mol. The minimum Gasteiger partial charge on any atom is -0.330 e. The maximum atomic E-state index is 12.0. The van der Waals surface area contributed by atoms with Crippen molar-refractivity contribution in [1.29, 1.82) is 0 Å². The van der Waals surface area contributed by atoms with Gasteiger partial charge in [-0.1, -0.05) is 0 Å². The summed E-state index contributed by atoms with van der Waals surface area (Å²) in [5.74, 6) is 0.155. The summed E-state index contributed by atoms with van der Waals surface area (Å²) >= 11 is 3.32. The van der Waals surface area contributed by atoms with Gasteiger partial charge in [0.15, 0.2) is 0 Å². The van der Waals surface area contributed by atoms with Crippen LogP contribution < -0.4 is 10.6 Å². The van der Waals surface area contributed by atoms with E-state index in [2.05, 4.69) is 15.9 Å². The molecule has 1 heterocycles. The van der Waals surface area contributed by atoms with E-state index in [1.807, 2.05) is 0 Å². The lowest BCUT2D eigenvalue weighted by molar-refractivity contribution is -0.385. The molecule has 0 radical (unpaired) electrons. The fraction of sp³-hybridized carbons (Fsp3) is 0.417. The molecule has 1 aromatic rings. The zero-order valence-corrected chi connectivity index (χ0v) is 12.0. The van der Waals surface area contributed by atoms with Gasteiger partial charge in [-0.05, 0) is 40.9 Å². The number of hydrogen-bond acceptors (Lipinski definition) is 4. The number of anilines is 1. The van der Waals surface area contributed by atoms with Crippen LogP contribution in [0.3, 0.4) is 0 Å². The molecule has 7 heteroatoms. The Morgan fingerprint density at radius 3 is 2.74 bits per heavy atom. The van der Waals surface area contributed by atoms with E-state index in [0.717, 1.165) is 0 Å². The summed E-state index contributed by atoms with van der Waals surface area (Å²) in [5, 5.41) is 10.8. The number of halogens is 1. The van der Waals surface area contributed by atoms with Crippen molar-refractivity contribution >= 4 is 33.2 Å². The Balaban J connectivity index is 2.41. The third-order valence-corrected chi connectivity index (χ3v) is 3.86. The number of amides is 1. The van der Waals surface area contributed by atoms with Crippen molar-refractivity contribution in [2.45, 2.75) is 13.3 Å². The zero-order valence-electron chi connectivity index (χ0n) is 10.4. The maximum absolute atomic E-state index is 12.0. The molecule has 0 aliphatic carbocycles. The summed E-state index contributed by atoms with van der Waals surface area (Å²) in [5.41, 5.74) is 7.01. The average molecular weight is 328 g/mol. The Labute approximate surface area is 118 Å². The molecular formula is C12H14BrN3O3. The van der Waals surface area contributed by atoms with Crippen LogP contribution in [0.25, 0.3) is 0 Å². The number of carbonyl (C=O) groups excluding carboxylic acids is 1. The topological polar surface area (TPSA) is 89.5 Å². The number of non-ortho nitro benzene ring substituents is 1. The van der Waals surface area contributed by atoms with Gasteiger partial charge in [0.25, 0.3) is 5.69 Å². The average Bonchev–Trinajstić information content (AvgIpc) is 2.70. The first kappa shape index (κ1) is 14.0. The van der Waals surface area contributed by atoms with E-state index in [4.69, 9.17) is 5.73 Å². The van der Waals surface area contributed by atoms with Crippen molar-refractivity contribution in [2.24, 2.45) is 11.7 Å². The van der Waals surface area contributed by atoms with E-state index in [9.17, 15) is 14.9 Å². The SMILES string of the molecule is Cc1cc([N+](=O)[O-])cc(Br)c1N1CC(CN)CC1=O. The van der Waals surface area contributed by atoms with Crippen molar-refractivity contribution in [2.75, 3.05) is 18.0 Å². The van der Waals surface area contributed by atoms with E-state index in [-0.39, 0.29) is 17.5 Å². The minimum atomic E-state index is -0.448. The lowest BCUT2D eigenvalue weighted by Crippen LogP contribution is -2.26. The van der Waals surface area contributed by atoms with Gasteiger partial charge < -0.3 is 10.6 Å². The Kier molecular flexibility index (Phi) is 3.86. The molecular weight excluding hydrogens is 314 g/mol. The second kappa shape index (κ2) is 5.26. The van der Waals surface area contributed by atoms with Crippen molar-refractivity contribution in [3.63, 3.8) is 0 Å². The van der Waals surface area contributed by atoms with Gasteiger partial charge in [-0.15, -0.1) is 0 Å². The smallest absolute Gasteiger partial charge is 0.270 e. The number of nitro benzene ring substituents is 1. The summed E-state index contributed by atoms with van der Waals surface area (Å²) in [4.78, 5) is 24.0. The number of nitro groups is 1. The summed E-state index contributed by atoms with van der Waals surface area (Å²) in [7, 11) is 0. The first-order chi connectivity index (χ1) is 8.93. The van der Waals surface area contributed by atoms with Crippen molar-refractivity contribution in [1.82, 2.24) is 0 Å². The number of benzene rings is 1. The van der Waals surface area contributed by atoms with Crippen LogP contribution in [0.15, 0.2) is 16.6 Å². The van der Waals surface area contributed by atoms with Crippen LogP contribution in [0.2, 0.25) is 0 Å². The molecule has 1 fully saturated rings. The second-order valence-electron chi connectivity index (χ2n) is 4.66. The van der Waals surface area contributed by atoms with Gasteiger partial charge >= 0.3 is 0 Å². The van der Waals surface area contributed by atoms with Gasteiger partial charge in [0.1, 0.15) is 0 Å². The number of carbonyl (C=O) groups is 1. The molecule has 2 rings (SSSR count). The standard InChI is InChI=1S/C12H14BrN3O3/c1-7-2-9(16(18)19)4-10(13)12(7)15-6-8(5-14)3-11(15)17/h2,4,8H,3,5-6,14H2,1H3. The molecule has 1 aliphatic rings. The number of nitrogens with zero attached hydrogens (tertiary/aromatic N) is 2. The molecule has 1 aliphatic heterocycles. The molecule has 1 amide bonds. The third-order valence-electron chi connectivity index (χ3n) is 3.26. The Morgan fingerprint density at radius 2 is 2.26 bits per heavy atom. The number of hydrogen-bond donors (Lipinski definition) is 1. The quantitative estimate of drug-likeness (QED) is 0.679. The van der Waals surface area contributed by atoms with E-state index in [1.165, 1.54) is 12.1 Å². The van der Waals surface area contributed by atoms with E-state index >= 15 is 0 Å². The predicted octanol–water partition coefficient (Wildman–Crippen LogP) is 1.98. The number of nitrogens with two attached hydrogens (primary N) is 1. The molecule has 0 bridgehead atoms. The van der Waals surface area contributed by atoms with Crippen LogP contribution >= 0.6 is 15.9 Å². The lowest BCUT2D eigenvalue weighted by atomic mass is 10.1. The van der Waals surface area contributed by atoms with Crippen molar-refractivity contribution in [3.05, 3.63) is 32.3 Å². The van der Waals surface area contributed by atoms with Crippen LogP contribution in [-0.4, -0.2) is 23.9 Å². The first-order valence-corrected chi connectivity index (χ1v) is 6.68. The summed E-state index contributed by atoms with van der Waals surface area (Å²) in [6.07, 6.45) is 0.430. The lowest BCUT2D eigenvalue weighted by Gasteiger charge is -2.20. The van der Waals surface area contributed by atoms with Crippen LogP contribution in [0.1, 0.15) is 12.0 Å². The fourth-order valence-corrected chi connectivity index (χ4v) is 3.08. The molecule has 1 aromatic carbocycles. The largest absolute Gasteiger partial charge is 0.330 e. The summed E-state index contributed by atoms with van der Waals surface area (Å²) < 4.78 is 0.560. The Morgan fingerprint density at radius 1 is 1.58 bits per heavy atom. The molecule has 19 heavy (non-hydrogen) atoms. The van der Waals surface area contributed by atoms with Crippen LogP contribution in [0, 0.1) is 23.0 Å². The molecule has 1 saturated heterocycles. The highest BCUT2D eigenvalue weighted by Crippen LogP contribution is 2.36. The van der Waals surface area contributed by atoms with Gasteiger partial charge in [0, 0.05) is 29.6 Å². The van der Waals surface area contributed by atoms with Gasteiger partial charge in [0.05, 0.1) is 10.6 Å². The highest BCUT2D eigenvalue weighted by atomic mass is 79.9. The number of rotatable bonds is 3. The van der Waals surface area contributed by atoms with E-state index < -0.39 is 4.92 Å². The van der Waals surface area contributed by atoms with Crippen LogP contribution in [0.4, 0.5) is 11.4 Å². The summed E-state index contributed by atoms with van der Waals surface area (Å²) in [6.45, 7) is 2.79. The van der Waals surface area contributed by atoms with Crippen molar-refractivity contribution in [3.8, 4) is 0 Å². The molecule has 0 aromatic heterocycles. The Hall–Kier alpha value is -1.47. The molecule has 102 valence electrons. The van der Waals surface area contributed by atoms with Crippen LogP contribution in [-0.2, 0) is 4.79 Å². The first-order valence-electron chi connectivity index (χ1n) is 5.89. The molecule has 2 N–H and O–H groups in total. The van der Waals surface area contributed by atoms with Gasteiger partial charge in [-0.25, -0.2) is 0 Å². The molecule has 1 unspecified atom stereocenters. The Bertz CT molecular complexity index is 524. The van der Waals surface area contributed by atoms with Gasteiger partial charge in [-0.2, -0.15) is 0 Å². The van der Waals surface area contributed by atoms with Crippen LogP contribution in [0.5, 0.6) is 0 Å².